The summed E-state index contributed by atoms with van der Waals surface area (Å²) in [6.45, 7) is 3.51. The van der Waals surface area contributed by atoms with Gasteiger partial charge in [-0.15, -0.1) is 11.8 Å². The minimum absolute atomic E-state index is 0.0651. The largest absolute Gasteiger partial charge is 0.468 e. The van der Waals surface area contributed by atoms with Crippen LogP contribution in [0.15, 0.2) is 34.2 Å². The average molecular weight is 422 g/mol. The van der Waals surface area contributed by atoms with Crippen molar-refractivity contribution in [3.8, 4) is 0 Å². The van der Waals surface area contributed by atoms with Crippen LogP contribution in [-0.2, 0) is 20.9 Å². The first-order valence-electron chi connectivity index (χ1n) is 9.14. The van der Waals surface area contributed by atoms with Gasteiger partial charge in [-0.3, -0.25) is 19.0 Å². The van der Waals surface area contributed by atoms with E-state index in [4.69, 9.17) is 4.74 Å². The third-order valence-corrected chi connectivity index (χ3v) is 6.61. The molecule has 0 unspecified atom stereocenters. The number of rotatable bonds is 6. The van der Waals surface area contributed by atoms with Crippen molar-refractivity contribution in [1.82, 2.24) is 14.5 Å². The highest BCUT2D eigenvalue weighted by Crippen LogP contribution is 2.22. The van der Waals surface area contributed by atoms with Crippen molar-refractivity contribution in [2.75, 3.05) is 31.7 Å². The van der Waals surface area contributed by atoms with Crippen LogP contribution >= 0.6 is 23.5 Å². The van der Waals surface area contributed by atoms with E-state index in [1.807, 2.05) is 25.1 Å². The molecule has 2 aromatic rings. The van der Waals surface area contributed by atoms with E-state index in [1.54, 1.807) is 15.5 Å². The molecule has 150 valence electrons. The molecule has 1 aliphatic heterocycles. The van der Waals surface area contributed by atoms with Crippen molar-refractivity contribution in [2.24, 2.45) is 0 Å². The van der Waals surface area contributed by atoms with Crippen molar-refractivity contribution in [1.29, 1.82) is 0 Å². The fourth-order valence-electron chi connectivity index (χ4n) is 3.05. The summed E-state index contributed by atoms with van der Waals surface area (Å²) in [7, 11) is 1.36. The lowest BCUT2D eigenvalue weighted by Crippen LogP contribution is -2.45. The second-order valence-electron chi connectivity index (χ2n) is 6.38. The molecule has 0 bridgehead atoms. The zero-order valence-corrected chi connectivity index (χ0v) is 17.6. The average Bonchev–Trinajstić information content (AvgIpc) is 2.73. The molecule has 3 rings (SSSR count). The van der Waals surface area contributed by atoms with E-state index in [0.29, 0.717) is 41.4 Å². The second kappa shape index (κ2) is 9.47. The lowest BCUT2D eigenvalue weighted by atomic mass is 10.2. The number of carbonyl (C=O) groups is 2. The molecule has 0 saturated carbocycles. The van der Waals surface area contributed by atoms with Gasteiger partial charge in [-0.1, -0.05) is 30.8 Å². The first kappa shape index (κ1) is 20.7. The molecule has 7 nitrogen and oxygen atoms in total. The first-order chi connectivity index (χ1) is 13.5. The molecule has 28 heavy (non-hydrogen) atoms. The van der Waals surface area contributed by atoms with Gasteiger partial charge in [0, 0.05) is 25.4 Å². The summed E-state index contributed by atoms with van der Waals surface area (Å²) in [6.07, 6.45) is 0.797. The zero-order chi connectivity index (χ0) is 20.1. The number of aromatic nitrogens is 2. The van der Waals surface area contributed by atoms with Crippen LogP contribution < -0.4 is 5.56 Å². The Balaban J connectivity index is 1.75. The molecule has 1 fully saturated rings. The first-order valence-corrected chi connectivity index (χ1v) is 11.2. The van der Waals surface area contributed by atoms with Gasteiger partial charge in [-0.05, 0) is 18.6 Å². The molecule has 2 heterocycles. The van der Waals surface area contributed by atoms with E-state index in [0.717, 1.165) is 6.42 Å². The number of para-hydroxylation sites is 1. The van der Waals surface area contributed by atoms with Crippen LogP contribution in [0.5, 0.6) is 0 Å². The third kappa shape index (κ3) is 4.52. The van der Waals surface area contributed by atoms with Gasteiger partial charge in [0.2, 0.25) is 5.91 Å². The van der Waals surface area contributed by atoms with Crippen LogP contribution in [0.3, 0.4) is 0 Å². The van der Waals surface area contributed by atoms with Crippen LogP contribution in [0.4, 0.5) is 0 Å². The summed E-state index contributed by atoms with van der Waals surface area (Å²) in [5.74, 6) is 0.505. The highest BCUT2D eigenvalue weighted by atomic mass is 32.2. The molecule has 1 aromatic heterocycles. The van der Waals surface area contributed by atoms with Gasteiger partial charge in [0.05, 0.1) is 23.8 Å². The molecule has 9 heteroatoms. The number of carbonyl (C=O) groups excluding carboxylic acids is 2. The van der Waals surface area contributed by atoms with E-state index < -0.39 is 0 Å². The highest BCUT2D eigenvalue weighted by Gasteiger charge is 2.29. The van der Waals surface area contributed by atoms with Gasteiger partial charge in [-0.2, -0.15) is 0 Å². The fourth-order valence-corrected chi connectivity index (χ4v) is 5.10. The number of nitrogens with zero attached hydrogens (tertiary/aromatic N) is 3. The maximum Gasteiger partial charge on any atom is 0.320 e. The normalized spacial score (nSPS) is 16.9. The SMILES string of the molecule is CCCn1c(SCC(=O)N2CCS[C@H](C(=O)OC)C2)nc2ccccc2c1=O. The number of hydrogen-bond donors (Lipinski definition) is 0. The Morgan fingerprint density at radius 1 is 1.36 bits per heavy atom. The highest BCUT2D eigenvalue weighted by molar-refractivity contribution is 8.00. The zero-order valence-electron chi connectivity index (χ0n) is 15.9. The number of thioether (sulfide) groups is 2. The van der Waals surface area contributed by atoms with Crippen molar-refractivity contribution in [3.05, 3.63) is 34.6 Å². The van der Waals surface area contributed by atoms with Crippen molar-refractivity contribution < 1.29 is 14.3 Å². The summed E-state index contributed by atoms with van der Waals surface area (Å²) in [4.78, 5) is 43.5. The van der Waals surface area contributed by atoms with Gasteiger partial charge in [-0.25, -0.2) is 4.98 Å². The van der Waals surface area contributed by atoms with Crippen molar-refractivity contribution >= 4 is 46.3 Å². The summed E-state index contributed by atoms with van der Waals surface area (Å²) >= 11 is 2.78. The Morgan fingerprint density at radius 2 is 2.14 bits per heavy atom. The predicted molar refractivity (Wildman–Crippen MR) is 112 cm³/mol. The quantitative estimate of drug-likeness (QED) is 0.401. The van der Waals surface area contributed by atoms with Gasteiger partial charge in [0.1, 0.15) is 5.25 Å². The molecule has 1 atom stereocenters. The predicted octanol–water partition coefficient (Wildman–Crippen LogP) is 2.02. The van der Waals surface area contributed by atoms with Gasteiger partial charge < -0.3 is 9.64 Å². The van der Waals surface area contributed by atoms with Gasteiger partial charge in [0.15, 0.2) is 5.16 Å². The monoisotopic (exact) mass is 421 g/mol. The molecule has 1 saturated heterocycles. The molecule has 0 N–H and O–H groups in total. The molecular formula is C19H23N3O4S2. The van der Waals surface area contributed by atoms with Crippen LogP contribution in [-0.4, -0.2) is 63.3 Å². The van der Waals surface area contributed by atoms with E-state index in [9.17, 15) is 14.4 Å². The van der Waals surface area contributed by atoms with Gasteiger partial charge in [0.25, 0.3) is 5.56 Å². The molecule has 1 aromatic carbocycles. The Hall–Kier alpha value is -2.00. The molecule has 0 aliphatic carbocycles. The van der Waals surface area contributed by atoms with Crippen LogP contribution in [0.2, 0.25) is 0 Å². The lowest BCUT2D eigenvalue weighted by Gasteiger charge is -2.30. The third-order valence-electron chi connectivity index (χ3n) is 4.48. The Bertz CT molecular complexity index is 931. The molecule has 0 radical (unpaired) electrons. The summed E-state index contributed by atoms with van der Waals surface area (Å²) in [6, 6.07) is 7.25. The Labute approximate surface area is 171 Å². The second-order valence-corrected chi connectivity index (χ2v) is 8.63. The lowest BCUT2D eigenvalue weighted by molar-refractivity contribution is -0.141. The van der Waals surface area contributed by atoms with E-state index in [1.165, 1.54) is 30.6 Å². The minimum Gasteiger partial charge on any atom is -0.468 e. The maximum atomic E-state index is 12.8. The van der Waals surface area contributed by atoms with Crippen LogP contribution in [0.25, 0.3) is 10.9 Å². The van der Waals surface area contributed by atoms with Crippen LogP contribution in [0.1, 0.15) is 13.3 Å². The van der Waals surface area contributed by atoms with E-state index >= 15 is 0 Å². The van der Waals surface area contributed by atoms with Crippen molar-refractivity contribution in [2.45, 2.75) is 30.3 Å². The summed E-state index contributed by atoms with van der Waals surface area (Å²) in [5.41, 5.74) is 0.553. The topological polar surface area (TPSA) is 81.5 Å². The Kier molecular flexibility index (Phi) is 7.01. The Morgan fingerprint density at radius 3 is 2.89 bits per heavy atom. The number of esters is 1. The maximum absolute atomic E-state index is 12.8. The number of hydrogen-bond acceptors (Lipinski definition) is 7. The minimum atomic E-state index is -0.343. The fraction of sp³-hybridized carbons (Fsp3) is 0.474. The van der Waals surface area contributed by atoms with Crippen LogP contribution in [0, 0.1) is 0 Å². The standard InChI is InChI=1S/C19H23N3O4S2/c1-3-8-22-17(24)13-6-4-5-7-14(13)20-19(22)28-12-16(23)21-9-10-27-15(11-21)18(25)26-2/h4-7,15H,3,8-12H2,1-2H3/t15-/m0/s1. The molecular weight excluding hydrogens is 398 g/mol. The number of ether oxygens (including phenoxy) is 1. The van der Waals surface area contributed by atoms with Crippen molar-refractivity contribution in [3.63, 3.8) is 0 Å². The smallest absolute Gasteiger partial charge is 0.320 e. The number of fused-ring (bicyclic) bond motifs is 1. The van der Waals surface area contributed by atoms with Gasteiger partial charge >= 0.3 is 5.97 Å². The summed E-state index contributed by atoms with van der Waals surface area (Å²) in [5, 5.41) is 0.792. The molecule has 0 spiro atoms. The number of amides is 1. The van der Waals surface area contributed by atoms with E-state index in [-0.39, 0.29) is 28.4 Å². The number of benzene rings is 1. The van der Waals surface area contributed by atoms with E-state index in [2.05, 4.69) is 4.98 Å². The summed E-state index contributed by atoms with van der Waals surface area (Å²) < 4.78 is 6.44. The molecule has 1 amide bonds. The molecule has 1 aliphatic rings. The number of methoxy groups -OCH3 is 1.